The first kappa shape index (κ1) is 12.7. The molecule has 1 aliphatic rings. The molecule has 0 atom stereocenters. The van der Waals surface area contributed by atoms with Gasteiger partial charge in [-0.25, -0.2) is 0 Å². The van der Waals surface area contributed by atoms with Crippen LogP contribution < -0.4 is 0 Å². The molecule has 15 heavy (non-hydrogen) atoms. The average Bonchev–Trinajstić information content (AvgIpc) is 2.29. The van der Waals surface area contributed by atoms with Crippen molar-refractivity contribution in [2.75, 3.05) is 39.8 Å². The number of likely N-dealkylation sites (N-methyl/N-ethyl adjacent to an activating group) is 1. The van der Waals surface area contributed by atoms with Crippen LogP contribution in [0.3, 0.4) is 0 Å². The van der Waals surface area contributed by atoms with Crippen molar-refractivity contribution in [3.05, 3.63) is 0 Å². The highest BCUT2D eigenvalue weighted by Crippen LogP contribution is 2.15. The van der Waals surface area contributed by atoms with Crippen molar-refractivity contribution in [1.82, 2.24) is 9.80 Å². The molecular weight excluding hydrogens is 188 g/mol. The maximum Gasteiger partial charge on any atom is 0.152 e. The van der Waals surface area contributed by atoms with Crippen molar-refractivity contribution in [3.63, 3.8) is 0 Å². The molecule has 3 nitrogen and oxygen atoms in total. The molecule has 0 saturated carbocycles. The summed E-state index contributed by atoms with van der Waals surface area (Å²) in [4.78, 5) is 16.5. The van der Waals surface area contributed by atoms with E-state index in [4.69, 9.17) is 0 Å². The topological polar surface area (TPSA) is 23.6 Å². The molecule has 0 aromatic carbocycles. The van der Waals surface area contributed by atoms with Crippen molar-refractivity contribution in [3.8, 4) is 0 Å². The van der Waals surface area contributed by atoms with Gasteiger partial charge in [0, 0.05) is 18.5 Å². The van der Waals surface area contributed by atoms with Gasteiger partial charge in [-0.1, -0.05) is 20.8 Å². The molecule has 3 heteroatoms. The van der Waals surface area contributed by atoms with Crippen LogP contribution >= 0.6 is 0 Å². The zero-order valence-corrected chi connectivity index (χ0v) is 10.5. The van der Waals surface area contributed by atoms with E-state index in [2.05, 4.69) is 16.8 Å². The molecule has 0 aromatic heterocycles. The van der Waals surface area contributed by atoms with E-state index in [-0.39, 0.29) is 5.41 Å². The van der Waals surface area contributed by atoms with Crippen LogP contribution in [0.15, 0.2) is 0 Å². The average molecular weight is 212 g/mol. The first-order valence-electron chi connectivity index (χ1n) is 5.84. The first-order valence-corrected chi connectivity index (χ1v) is 5.84. The van der Waals surface area contributed by atoms with Crippen LogP contribution in [-0.2, 0) is 4.79 Å². The van der Waals surface area contributed by atoms with E-state index in [1.165, 1.54) is 6.42 Å². The summed E-state index contributed by atoms with van der Waals surface area (Å²) in [6, 6.07) is 0. The SMILES string of the molecule is CN1CCCN(CC(=O)C(C)(C)C)CC1. The van der Waals surface area contributed by atoms with E-state index in [9.17, 15) is 4.79 Å². The molecule has 1 saturated heterocycles. The zero-order valence-electron chi connectivity index (χ0n) is 10.5. The van der Waals surface area contributed by atoms with Gasteiger partial charge in [-0.15, -0.1) is 0 Å². The van der Waals surface area contributed by atoms with E-state index in [0.29, 0.717) is 12.3 Å². The Labute approximate surface area is 93.4 Å². The van der Waals surface area contributed by atoms with Gasteiger partial charge in [0.05, 0.1) is 6.54 Å². The summed E-state index contributed by atoms with van der Waals surface area (Å²) in [5.74, 6) is 0.354. The molecule has 0 bridgehead atoms. The highest BCUT2D eigenvalue weighted by Gasteiger charge is 2.24. The van der Waals surface area contributed by atoms with E-state index in [1.807, 2.05) is 20.8 Å². The van der Waals surface area contributed by atoms with Gasteiger partial charge in [0.2, 0.25) is 0 Å². The van der Waals surface area contributed by atoms with Crippen LogP contribution in [0.5, 0.6) is 0 Å². The second kappa shape index (κ2) is 5.08. The van der Waals surface area contributed by atoms with Crippen LogP contribution in [0.4, 0.5) is 0 Å². The fourth-order valence-electron chi connectivity index (χ4n) is 1.70. The predicted octanol–water partition coefficient (Wildman–Crippen LogP) is 1.24. The molecule has 0 N–H and O–H groups in total. The lowest BCUT2D eigenvalue weighted by Crippen LogP contribution is -2.37. The van der Waals surface area contributed by atoms with Gasteiger partial charge < -0.3 is 4.90 Å². The summed E-state index contributed by atoms with van der Waals surface area (Å²) in [6.45, 7) is 10.9. The Morgan fingerprint density at radius 1 is 1.13 bits per heavy atom. The van der Waals surface area contributed by atoms with E-state index in [1.54, 1.807) is 0 Å². The minimum atomic E-state index is -0.196. The molecule has 0 aliphatic carbocycles. The first-order chi connectivity index (χ1) is 6.89. The van der Waals surface area contributed by atoms with Gasteiger partial charge in [0.1, 0.15) is 0 Å². The van der Waals surface area contributed by atoms with Crippen molar-refractivity contribution in [2.24, 2.45) is 5.41 Å². The fraction of sp³-hybridized carbons (Fsp3) is 0.917. The van der Waals surface area contributed by atoms with Crippen LogP contribution in [0.1, 0.15) is 27.2 Å². The standard InChI is InChI=1S/C12H24N2O/c1-12(2,3)11(15)10-14-7-5-6-13(4)8-9-14/h5-10H2,1-4H3. The Balaban J connectivity index is 2.41. The molecule has 1 fully saturated rings. The second-order valence-electron chi connectivity index (χ2n) is 5.61. The van der Waals surface area contributed by atoms with Gasteiger partial charge in [0.25, 0.3) is 0 Å². The summed E-state index contributed by atoms with van der Waals surface area (Å²) in [5, 5.41) is 0. The summed E-state index contributed by atoms with van der Waals surface area (Å²) < 4.78 is 0. The molecule has 0 radical (unpaired) electrons. The Kier molecular flexibility index (Phi) is 4.29. The summed E-state index contributed by atoms with van der Waals surface area (Å²) in [6.07, 6.45) is 1.17. The van der Waals surface area contributed by atoms with E-state index in [0.717, 1.165) is 26.2 Å². The zero-order chi connectivity index (χ0) is 11.5. The van der Waals surface area contributed by atoms with Gasteiger partial charge >= 0.3 is 0 Å². The molecule has 1 aliphatic heterocycles. The Morgan fingerprint density at radius 3 is 2.40 bits per heavy atom. The number of rotatable bonds is 2. The van der Waals surface area contributed by atoms with Crippen LogP contribution in [0, 0.1) is 5.41 Å². The molecule has 0 amide bonds. The number of hydrogen-bond donors (Lipinski definition) is 0. The number of nitrogens with zero attached hydrogens (tertiary/aromatic N) is 2. The maximum absolute atomic E-state index is 11.9. The highest BCUT2D eigenvalue weighted by molar-refractivity contribution is 5.85. The Hall–Kier alpha value is -0.410. The van der Waals surface area contributed by atoms with Crippen molar-refractivity contribution in [2.45, 2.75) is 27.2 Å². The molecule has 1 heterocycles. The minimum Gasteiger partial charge on any atom is -0.305 e. The number of carbonyl (C=O) groups excluding carboxylic acids is 1. The third-order valence-corrected chi connectivity index (χ3v) is 3.02. The molecule has 1 rings (SSSR count). The summed E-state index contributed by atoms with van der Waals surface area (Å²) in [5.41, 5.74) is -0.196. The third kappa shape index (κ3) is 4.31. The predicted molar refractivity (Wildman–Crippen MR) is 63.0 cm³/mol. The molecule has 88 valence electrons. The number of hydrogen-bond acceptors (Lipinski definition) is 3. The second-order valence-corrected chi connectivity index (χ2v) is 5.61. The van der Waals surface area contributed by atoms with Crippen LogP contribution in [-0.4, -0.2) is 55.4 Å². The Bertz CT molecular complexity index is 220. The maximum atomic E-state index is 11.9. The molecule has 0 aromatic rings. The summed E-state index contributed by atoms with van der Waals surface area (Å²) >= 11 is 0. The fourth-order valence-corrected chi connectivity index (χ4v) is 1.70. The number of ketones is 1. The van der Waals surface area contributed by atoms with Crippen LogP contribution in [0.2, 0.25) is 0 Å². The number of carbonyl (C=O) groups is 1. The highest BCUT2D eigenvalue weighted by atomic mass is 16.1. The lowest BCUT2D eigenvalue weighted by atomic mass is 9.90. The van der Waals surface area contributed by atoms with Gasteiger partial charge in [-0.05, 0) is 26.6 Å². The summed E-state index contributed by atoms with van der Waals surface area (Å²) in [7, 11) is 2.15. The molecule has 0 spiro atoms. The molecular formula is C12H24N2O. The van der Waals surface area contributed by atoms with Crippen molar-refractivity contribution < 1.29 is 4.79 Å². The molecule has 0 unspecified atom stereocenters. The third-order valence-electron chi connectivity index (χ3n) is 3.02. The van der Waals surface area contributed by atoms with Gasteiger partial charge in [-0.2, -0.15) is 0 Å². The lowest BCUT2D eigenvalue weighted by molar-refractivity contribution is -0.127. The van der Waals surface area contributed by atoms with E-state index < -0.39 is 0 Å². The smallest absolute Gasteiger partial charge is 0.152 e. The van der Waals surface area contributed by atoms with Crippen LogP contribution in [0.25, 0.3) is 0 Å². The van der Waals surface area contributed by atoms with Gasteiger partial charge in [0.15, 0.2) is 5.78 Å². The lowest BCUT2D eigenvalue weighted by Gasteiger charge is -2.24. The monoisotopic (exact) mass is 212 g/mol. The van der Waals surface area contributed by atoms with Crippen molar-refractivity contribution >= 4 is 5.78 Å². The van der Waals surface area contributed by atoms with Crippen molar-refractivity contribution in [1.29, 1.82) is 0 Å². The normalized spacial score (nSPS) is 21.3. The van der Waals surface area contributed by atoms with E-state index >= 15 is 0 Å². The number of Topliss-reactive ketones (excluding diaryl/α,β-unsaturated/α-hetero) is 1. The largest absolute Gasteiger partial charge is 0.305 e. The minimum absolute atomic E-state index is 0.196. The quantitative estimate of drug-likeness (QED) is 0.688. The Morgan fingerprint density at radius 2 is 1.80 bits per heavy atom. The van der Waals surface area contributed by atoms with Gasteiger partial charge in [-0.3, -0.25) is 9.69 Å².